The number of rotatable bonds is 4. The second-order valence-corrected chi connectivity index (χ2v) is 4.81. The quantitative estimate of drug-likeness (QED) is 0.811. The molecule has 0 saturated carbocycles. The van der Waals surface area contributed by atoms with Gasteiger partial charge in [0.25, 0.3) is 0 Å². The monoisotopic (exact) mass is 303 g/mol. The molecule has 3 amide bonds. The third-order valence-corrected chi connectivity index (χ3v) is 3.04. The van der Waals surface area contributed by atoms with Gasteiger partial charge in [0.05, 0.1) is 17.1 Å². The Morgan fingerprint density at radius 1 is 1.00 bits per heavy atom. The molecule has 4 N–H and O–H groups in total. The zero-order valence-corrected chi connectivity index (χ0v) is 11.9. The van der Waals surface area contributed by atoms with Crippen LogP contribution in [0.3, 0.4) is 0 Å². The van der Waals surface area contributed by atoms with Crippen LogP contribution in [0.2, 0.25) is 5.02 Å². The molecular formula is C15H14ClN3O2. The van der Waals surface area contributed by atoms with Gasteiger partial charge in [-0.3, -0.25) is 4.79 Å². The SMILES string of the molecule is NC(=O)Cc1ccc(NC(=O)Nc2ccccc2Cl)cc1. The van der Waals surface area contributed by atoms with Crippen LogP contribution in [0.15, 0.2) is 48.5 Å². The van der Waals surface area contributed by atoms with Crippen LogP contribution in [0.1, 0.15) is 5.56 Å². The molecular weight excluding hydrogens is 290 g/mol. The number of carbonyl (C=O) groups is 2. The Labute approximate surface area is 127 Å². The highest BCUT2D eigenvalue weighted by molar-refractivity contribution is 6.33. The molecule has 0 aliphatic carbocycles. The van der Waals surface area contributed by atoms with E-state index in [4.69, 9.17) is 17.3 Å². The van der Waals surface area contributed by atoms with Gasteiger partial charge in [-0.05, 0) is 29.8 Å². The van der Waals surface area contributed by atoms with Crippen LogP contribution in [0, 0.1) is 0 Å². The molecule has 21 heavy (non-hydrogen) atoms. The van der Waals surface area contributed by atoms with Gasteiger partial charge in [0.2, 0.25) is 5.91 Å². The number of benzene rings is 2. The number of carbonyl (C=O) groups excluding carboxylic acids is 2. The van der Waals surface area contributed by atoms with E-state index >= 15 is 0 Å². The average Bonchev–Trinajstić information content (AvgIpc) is 2.43. The molecule has 108 valence electrons. The van der Waals surface area contributed by atoms with Gasteiger partial charge in [0, 0.05) is 5.69 Å². The maximum atomic E-state index is 11.8. The van der Waals surface area contributed by atoms with Gasteiger partial charge in [0.15, 0.2) is 0 Å². The van der Waals surface area contributed by atoms with Gasteiger partial charge >= 0.3 is 6.03 Å². The molecule has 6 heteroatoms. The molecule has 0 aromatic heterocycles. The summed E-state index contributed by atoms with van der Waals surface area (Å²) >= 11 is 5.95. The van der Waals surface area contributed by atoms with Crippen molar-refractivity contribution in [3.05, 3.63) is 59.1 Å². The summed E-state index contributed by atoms with van der Waals surface area (Å²) in [5, 5.41) is 5.79. The maximum absolute atomic E-state index is 11.8. The van der Waals surface area contributed by atoms with Crippen molar-refractivity contribution in [1.82, 2.24) is 0 Å². The van der Waals surface area contributed by atoms with Gasteiger partial charge in [-0.1, -0.05) is 35.9 Å². The number of anilines is 2. The molecule has 0 unspecified atom stereocenters. The molecule has 0 aliphatic heterocycles. The van der Waals surface area contributed by atoms with Crippen molar-refractivity contribution in [3.63, 3.8) is 0 Å². The molecule has 2 aromatic carbocycles. The van der Waals surface area contributed by atoms with Crippen molar-refractivity contribution in [1.29, 1.82) is 0 Å². The standard InChI is InChI=1S/C15H14ClN3O2/c16-12-3-1-2-4-13(12)19-15(21)18-11-7-5-10(6-8-11)9-14(17)20/h1-8H,9H2,(H2,17,20)(H2,18,19,21). The molecule has 2 aromatic rings. The van der Waals surface area contributed by atoms with Gasteiger partial charge in [-0.15, -0.1) is 0 Å². The average molecular weight is 304 g/mol. The Morgan fingerprint density at radius 3 is 2.29 bits per heavy atom. The predicted molar refractivity (Wildman–Crippen MR) is 83.4 cm³/mol. The number of nitrogens with two attached hydrogens (primary N) is 1. The maximum Gasteiger partial charge on any atom is 0.323 e. The van der Waals surface area contributed by atoms with Gasteiger partial charge < -0.3 is 16.4 Å². The molecule has 0 radical (unpaired) electrons. The first-order valence-corrected chi connectivity index (χ1v) is 6.62. The predicted octanol–water partition coefficient (Wildman–Crippen LogP) is 3.01. The largest absolute Gasteiger partial charge is 0.369 e. The number of nitrogens with one attached hydrogen (secondary N) is 2. The molecule has 0 spiro atoms. The Kier molecular flexibility index (Phi) is 4.79. The van der Waals surface area contributed by atoms with Crippen LogP contribution in [0.4, 0.5) is 16.2 Å². The van der Waals surface area contributed by atoms with Crippen molar-refractivity contribution in [2.75, 3.05) is 10.6 Å². The second kappa shape index (κ2) is 6.76. The lowest BCUT2D eigenvalue weighted by molar-refractivity contribution is -0.117. The summed E-state index contributed by atoms with van der Waals surface area (Å²) < 4.78 is 0. The summed E-state index contributed by atoms with van der Waals surface area (Å²) in [5.74, 6) is -0.396. The molecule has 0 saturated heterocycles. The lowest BCUT2D eigenvalue weighted by Gasteiger charge is -2.09. The van der Waals surface area contributed by atoms with Crippen molar-refractivity contribution in [2.45, 2.75) is 6.42 Å². The highest BCUT2D eigenvalue weighted by atomic mass is 35.5. The van der Waals surface area contributed by atoms with Crippen LogP contribution in [-0.2, 0) is 11.2 Å². The Balaban J connectivity index is 1.96. The highest BCUT2D eigenvalue weighted by Gasteiger charge is 2.05. The van der Waals surface area contributed by atoms with E-state index in [1.165, 1.54) is 0 Å². The van der Waals surface area contributed by atoms with Gasteiger partial charge in [-0.25, -0.2) is 4.79 Å². The summed E-state index contributed by atoms with van der Waals surface area (Å²) in [5.41, 5.74) is 7.04. The van der Waals surface area contributed by atoms with Crippen LogP contribution in [0.25, 0.3) is 0 Å². The van der Waals surface area contributed by atoms with E-state index in [2.05, 4.69) is 10.6 Å². The number of urea groups is 1. The van der Waals surface area contributed by atoms with Crippen LogP contribution in [-0.4, -0.2) is 11.9 Å². The van der Waals surface area contributed by atoms with Gasteiger partial charge in [-0.2, -0.15) is 0 Å². The lowest BCUT2D eigenvalue weighted by atomic mass is 10.1. The lowest BCUT2D eigenvalue weighted by Crippen LogP contribution is -2.19. The summed E-state index contributed by atoms with van der Waals surface area (Å²) in [7, 11) is 0. The number of primary amides is 1. The van der Waals surface area contributed by atoms with Crippen molar-refractivity contribution in [3.8, 4) is 0 Å². The molecule has 0 atom stereocenters. The summed E-state index contributed by atoms with van der Waals surface area (Å²) in [6.07, 6.45) is 0.173. The van der Waals surface area contributed by atoms with Crippen LogP contribution >= 0.6 is 11.6 Å². The smallest absolute Gasteiger partial charge is 0.323 e. The number of para-hydroxylation sites is 1. The summed E-state index contributed by atoms with van der Waals surface area (Å²) in [6, 6.07) is 13.4. The summed E-state index contributed by atoms with van der Waals surface area (Å²) in [6.45, 7) is 0. The third-order valence-electron chi connectivity index (χ3n) is 2.71. The molecule has 0 aliphatic rings. The normalized spacial score (nSPS) is 9.95. The minimum atomic E-state index is -0.397. The fourth-order valence-corrected chi connectivity index (χ4v) is 1.94. The zero-order valence-electron chi connectivity index (χ0n) is 11.1. The van der Waals surface area contributed by atoms with Crippen molar-refractivity contribution < 1.29 is 9.59 Å². The minimum absolute atomic E-state index is 0.173. The molecule has 0 fully saturated rings. The molecule has 0 heterocycles. The fourth-order valence-electron chi connectivity index (χ4n) is 1.75. The van der Waals surface area contributed by atoms with Crippen LogP contribution in [0.5, 0.6) is 0 Å². The number of amides is 3. The number of hydrogen-bond acceptors (Lipinski definition) is 2. The van der Waals surface area contributed by atoms with Crippen molar-refractivity contribution in [2.24, 2.45) is 5.73 Å². The first kappa shape index (κ1) is 14.9. The van der Waals surface area contributed by atoms with Crippen LogP contribution < -0.4 is 16.4 Å². The van der Waals surface area contributed by atoms with E-state index in [9.17, 15) is 9.59 Å². The Hall–Kier alpha value is -2.53. The van der Waals surface area contributed by atoms with E-state index in [-0.39, 0.29) is 6.42 Å². The van der Waals surface area contributed by atoms with E-state index in [1.807, 2.05) is 0 Å². The van der Waals surface area contributed by atoms with E-state index in [0.29, 0.717) is 16.4 Å². The van der Waals surface area contributed by atoms with E-state index in [0.717, 1.165) is 5.56 Å². The summed E-state index contributed by atoms with van der Waals surface area (Å²) in [4.78, 5) is 22.6. The second-order valence-electron chi connectivity index (χ2n) is 4.40. The molecule has 0 bridgehead atoms. The first-order valence-electron chi connectivity index (χ1n) is 6.24. The Morgan fingerprint density at radius 2 is 1.67 bits per heavy atom. The molecule has 5 nitrogen and oxygen atoms in total. The van der Waals surface area contributed by atoms with E-state index < -0.39 is 11.9 Å². The number of hydrogen-bond donors (Lipinski definition) is 3. The van der Waals surface area contributed by atoms with Gasteiger partial charge in [0.1, 0.15) is 0 Å². The zero-order chi connectivity index (χ0) is 15.2. The third kappa shape index (κ3) is 4.50. The topological polar surface area (TPSA) is 84.2 Å². The highest BCUT2D eigenvalue weighted by Crippen LogP contribution is 2.20. The molecule has 2 rings (SSSR count). The Bertz CT molecular complexity index is 656. The van der Waals surface area contributed by atoms with Crippen molar-refractivity contribution >= 4 is 34.9 Å². The van der Waals surface area contributed by atoms with E-state index in [1.54, 1.807) is 48.5 Å². The minimum Gasteiger partial charge on any atom is -0.369 e. The first-order chi connectivity index (χ1) is 10.0. The number of halogens is 1. The fraction of sp³-hybridized carbons (Fsp3) is 0.0667.